The Balaban J connectivity index is 1.75. The first-order chi connectivity index (χ1) is 16.2. The molecule has 16 nitrogen and oxygen atoms in total. The Morgan fingerprint density at radius 2 is 2.03 bits per heavy atom. The number of phosphoric ester groups is 1. The molecule has 0 aliphatic carbocycles. The summed E-state index contributed by atoms with van der Waals surface area (Å²) in [5, 5.41) is 0.259. The molecule has 2 unspecified atom stereocenters. The van der Waals surface area contributed by atoms with Gasteiger partial charge in [0.05, 0.1) is 18.1 Å². The van der Waals surface area contributed by atoms with Gasteiger partial charge in [0.2, 0.25) is 5.95 Å². The monoisotopic (exact) mass is 596 g/mol. The number of aromatic amines is 1. The highest BCUT2D eigenvalue weighted by Crippen LogP contribution is 2.65. The molecule has 1 aliphatic rings. The molecule has 0 radical (unpaired) electrons. The van der Waals surface area contributed by atoms with E-state index in [-0.39, 0.29) is 29.3 Å². The number of anilines is 1. The summed E-state index contributed by atoms with van der Waals surface area (Å²) in [6, 6.07) is 1.52. The van der Waals surface area contributed by atoms with E-state index < -0.39 is 59.5 Å². The van der Waals surface area contributed by atoms with Gasteiger partial charge in [-0.3, -0.25) is 23.4 Å². The number of ether oxygens (including phenoxy) is 2. The van der Waals surface area contributed by atoms with Crippen molar-refractivity contribution in [3.63, 3.8) is 0 Å². The van der Waals surface area contributed by atoms with E-state index in [1.165, 1.54) is 32.2 Å². The lowest BCUT2D eigenvalue weighted by Crippen LogP contribution is -2.28. The molecule has 2 aromatic rings. The number of fused-ring (bicyclic) bond motifs is 1. The highest BCUT2D eigenvalue weighted by atomic mass is 33.1. The lowest BCUT2D eigenvalue weighted by Gasteiger charge is -2.21. The second kappa shape index (κ2) is 11.4. The van der Waals surface area contributed by atoms with E-state index in [1.807, 2.05) is 6.26 Å². The number of nitrogens with zero attached hydrogens (tertiary/aromatic N) is 2. The van der Waals surface area contributed by atoms with Crippen molar-refractivity contribution in [1.82, 2.24) is 14.5 Å². The van der Waals surface area contributed by atoms with Crippen LogP contribution >= 0.6 is 44.6 Å². The number of phosphoric acid groups is 1. The van der Waals surface area contributed by atoms with Gasteiger partial charge >= 0.3 is 23.0 Å². The summed E-state index contributed by atoms with van der Waals surface area (Å²) in [5.74, 6) is -1.53. The molecule has 198 valence electrons. The molecule has 0 bridgehead atoms. The molecule has 0 saturated carbocycles. The second-order valence-corrected chi connectivity index (χ2v) is 15.3. The van der Waals surface area contributed by atoms with Gasteiger partial charge in [-0.05, 0) is 12.3 Å². The minimum atomic E-state index is -5.23. The predicted molar refractivity (Wildman–Crippen MR) is 128 cm³/mol. The Bertz CT molecular complexity index is 1250. The largest absolute Gasteiger partial charge is 0.479 e. The van der Waals surface area contributed by atoms with E-state index in [1.54, 1.807) is 6.20 Å². The molecule has 3 rings (SSSR count). The van der Waals surface area contributed by atoms with E-state index in [9.17, 15) is 28.3 Å². The molecule has 21 heteroatoms. The van der Waals surface area contributed by atoms with E-state index in [4.69, 9.17) is 29.5 Å². The van der Waals surface area contributed by atoms with Gasteiger partial charge in [0.1, 0.15) is 18.3 Å². The Hall–Kier alpha value is -0.710. The van der Waals surface area contributed by atoms with Gasteiger partial charge in [0.15, 0.2) is 11.6 Å². The molecule has 5 atom stereocenters. The molecule has 7 N–H and O–H groups in total. The molecule has 1 saturated heterocycles. The quantitative estimate of drug-likeness (QED) is 0.0877. The summed E-state index contributed by atoms with van der Waals surface area (Å²) in [7, 11) is -12.6. The first-order valence-corrected chi connectivity index (χ1v) is 17.3. The molecular formula is C14H23N4O12P3S2. The molecule has 3 heterocycles. The lowest BCUT2D eigenvalue weighted by atomic mass is 10.2. The van der Waals surface area contributed by atoms with Gasteiger partial charge in [-0.1, -0.05) is 21.6 Å². The summed E-state index contributed by atoms with van der Waals surface area (Å²) in [6.07, 6.45) is 1.23. The number of H-pyrrole nitrogens is 1. The number of nitrogens with one attached hydrogen (secondary N) is 1. The third-order valence-corrected chi connectivity index (χ3v) is 11.2. The van der Waals surface area contributed by atoms with Gasteiger partial charge in [0.25, 0.3) is 5.56 Å². The van der Waals surface area contributed by atoms with Crippen LogP contribution in [-0.2, 0) is 32.0 Å². The highest BCUT2D eigenvalue weighted by molar-refractivity contribution is 8.76. The summed E-state index contributed by atoms with van der Waals surface area (Å²) < 4.78 is 57.0. The lowest BCUT2D eigenvalue weighted by molar-refractivity contribution is -0.0518. The molecule has 0 amide bonds. The average molecular weight is 596 g/mol. The van der Waals surface area contributed by atoms with Crippen LogP contribution in [0.2, 0.25) is 0 Å². The highest BCUT2D eigenvalue weighted by Gasteiger charge is 2.42. The standard InChI is InChI=1S/C14H23N4O12P3S2/c1-34-35-6-27-9-4-11(18-3-2-8-12(18)16-14(15)17-13(8)19)29-10(9)5-28-33(25,26)30-32(23,24)7-31(20,21)22/h2-3,9-11H,4-7H2,1H3,(H,23,24)(H,25,26)(H2,20,21,22)(H3,15,16,17,19)/t9-,10+,11+/m0/s1. The zero-order chi connectivity index (χ0) is 26.0. The van der Waals surface area contributed by atoms with Crippen LogP contribution in [0.25, 0.3) is 11.0 Å². The Morgan fingerprint density at radius 1 is 1.31 bits per heavy atom. The van der Waals surface area contributed by atoms with Crippen LogP contribution in [0.1, 0.15) is 12.6 Å². The van der Waals surface area contributed by atoms with Crippen molar-refractivity contribution < 1.29 is 51.6 Å². The SMILES string of the molecule is CSSCO[C@H]1C[C@H](n2ccc3c(=O)[nH]c(N)nc32)O[C@@H]1COP(=O)(O)OP(=O)(O)CP(=O)(O)O. The second-order valence-electron chi connectivity index (χ2n) is 7.17. The molecule has 35 heavy (non-hydrogen) atoms. The zero-order valence-corrected chi connectivity index (χ0v) is 22.2. The van der Waals surface area contributed by atoms with Crippen molar-refractivity contribution in [2.75, 3.05) is 30.4 Å². The van der Waals surface area contributed by atoms with E-state index in [0.717, 1.165) is 0 Å². The number of nitrogens with two attached hydrogens (primary N) is 1. The Kier molecular flexibility index (Phi) is 9.36. The van der Waals surface area contributed by atoms with Crippen molar-refractivity contribution in [3.05, 3.63) is 22.6 Å². The fourth-order valence-electron chi connectivity index (χ4n) is 3.26. The number of aromatic nitrogens is 3. The van der Waals surface area contributed by atoms with Gasteiger partial charge in [-0.25, -0.2) is 8.88 Å². The molecular weight excluding hydrogens is 573 g/mol. The smallest absolute Gasteiger partial charge is 0.369 e. The van der Waals surface area contributed by atoms with Crippen molar-refractivity contribution in [1.29, 1.82) is 0 Å². The zero-order valence-electron chi connectivity index (χ0n) is 17.9. The van der Waals surface area contributed by atoms with Crippen LogP contribution in [0.3, 0.4) is 0 Å². The van der Waals surface area contributed by atoms with Crippen LogP contribution in [0.5, 0.6) is 0 Å². The van der Waals surface area contributed by atoms with Gasteiger partial charge in [0, 0.05) is 12.6 Å². The van der Waals surface area contributed by atoms with Crippen molar-refractivity contribution in [3.8, 4) is 0 Å². The normalized spacial score (nSPS) is 24.4. The first-order valence-electron chi connectivity index (χ1n) is 9.54. The Labute approximate surface area is 205 Å². The third kappa shape index (κ3) is 8.14. The third-order valence-electron chi connectivity index (χ3n) is 4.53. The van der Waals surface area contributed by atoms with E-state index in [0.29, 0.717) is 0 Å². The molecule has 1 fully saturated rings. The summed E-state index contributed by atoms with van der Waals surface area (Å²) >= 11 is 0. The van der Waals surface area contributed by atoms with Crippen molar-refractivity contribution in [2.24, 2.45) is 0 Å². The summed E-state index contributed by atoms with van der Waals surface area (Å²) in [5.41, 5.74) is 5.43. The molecule has 0 aromatic carbocycles. The average Bonchev–Trinajstić information content (AvgIpc) is 3.28. The first kappa shape index (κ1) is 28.9. The molecule has 0 spiro atoms. The Morgan fingerprint density at radius 3 is 2.69 bits per heavy atom. The predicted octanol–water partition coefficient (Wildman–Crippen LogP) is 1.40. The topological polar surface area (TPSA) is 246 Å². The molecule has 1 aliphatic heterocycles. The summed E-state index contributed by atoms with van der Waals surface area (Å²) in [4.78, 5) is 55.6. The number of rotatable bonds is 12. The number of hydrogen-bond donors (Lipinski definition) is 6. The number of hydrogen-bond acceptors (Lipinski definition) is 12. The van der Waals surface area contributed by atoms with E-state index >= 15 is 0 Å². The van der Waals surface area contributed by atoms with Crippen LogP contribution in [-0.4, -0.2) is 71.0 Å². The van der Waals surface area contributed by atoms with Gasteiger partial charge in [-0.2, -0.15) is 4.98 Å². The van der Waals surface area contributed by atoms with Crippen LogP contribution < -0.4 is 11.3 Å². The molecule has 2 aromatic heterocycles. The van der Waals surface area contributed by atoms with Crippen molar-refractivity contribution >= 4 is 61.6 Å². The maximum Gasteiger partial charge on any atom is 0.479 e. The van der Waals surface area contributed by atoms with Gasteiger partial charge < -0.3 is 39.3 Å². The maximum atomic E-state index is 12.2. The van der Waals surface area contributed by atoms with E-state index in [2.05, 4.69) is 14.3 Å². The fourth-order valence-corrected chi connectivity index (χ4v) is 8.39. The van der Waals surface area contributed by atoms with Gasteiger partial charge in [-0.15, -0.1) is 0 Å². The van der Waals surface area contributed by atoms with Crippen molar-refractivity contribution in [2.45, 2.75) is 24.9 Å². The van der Waals surface area contributed by atoms with Crippen LogP contribution in [0.15, 0.2) is 17.1 Å². The number of nitrogen functional groups attached to an aromatic ring is 1. The minimum Gasteiger partial charge on any atom is -0.369 e. The summed E-state index contributed by atoms with van der Waals surface area (Å²) in [6.45, 7) is -0.635. The van der Waals surface area contributed by atoms with Crippen LogP contribution in [0.4, 0.5) is 5.95 Å². The minimum absolute atomic E-state index is 0.105. The fraction of sp³-hybridized carbons (Fsp3) is 0.571. The maximum absolute atomic E-state index is 12.2. The van der Waals surface area contributed by atoms with Crippen LogP contribution in [0, 0.1) is 0 Å².